The molecule has 1 rings (SSSR count). The molecule has 6 heteroatoms. The van der Waals surface area contributed by atoms with E-state index in [1.54, 1.807) is 7.05 Å². The molecule has 0 aromatic carbocycles. The van der Waals surface area contributed by atoms with Gasteiger partial charge in [0, 0.05) is 20.0 Å². The predicted molar refractivity (Wildman–Crippen MR) is 64.8 cm³/mol. The van der Waals surface area contributed by atoms with Gasteiger partial charge >= 0.3 is 5.97 Å². The molecule has 0 aliphatic carbocycles. The summed E-state index contributed by atoms with van der Waals surface area (Å²) in [6, 6.07) is 0. The lowest BCUT2D eigenvalue weighted by atomic mass is 9.95. The highest BCUT2D eigenvalue weighted by Gasteiger charge is 2.39. The van der Waals surface area contributed by atoms with Crippen LogP contribution in [0.3, 0.4) is 0 Å². The second-order valence-corrected chi connectivity index (χ2v) is 5.05. The van der Waals surface area contributed by atoms with Crippen molar-refractivity contribution >= 4 is 17.8 Å². The van der Waals surface area contributed by atoms with Crippen LogP contribution in [0.5, 0.6) is 0 Å². The number of carbonyl (C=O) groups excluding carboxylic acids is 2. The van der Waals surface area contributed by atoms with Crippen molar-refractivity contribution in [1.82, 2.24) is 10.2 Å². The molecule has 18 heavy (non-hydrogen) atoms. The van der Waals surface area contributed by atoms with E-state index in [9.17, 15) is 14.4 Å². The number of nitrogens with one attached hydrogen (secondary N) is 1. The fourth-order valence-electron chi connectivity index (χ4n) is 2.14. The Morgan fingerprint density at radius 1 is 1.56 bits per heavy atom. The average molecular weight is 256 g/mol. The minimum Gasteiger partial charge on any atom is -0.480 e. The van der Waals surface area contributed by atoms with Gasteiger partial charge in [0.25, 0.3) is 0 Å². The minimum absolute atomic E-state index is 0.0809. The SMILES string of the molecule is CCCC(C)(NC(=O)C1CC(=O)N(C)C1)C(=O)O. The summed E-state index contributed by atoms with van der Waals surface area (Å²) in [4.78, 5) is 36.0. The summed E-state index contributed by atoms with van der Waals surface area (Å²) in [6.07, 6.45) is 1.18. The van der Waals surface area contributed by atoms with Crippen molar-refractivity contribution in [2.75, 3.05) is 13.6 Å². The smallest absolute Gasteiger partial charge is 0.329 e. The molecule has 0 aromatic rings. The number of hydrogen-bond acceptors (Lipinski definition) is 3. The van der Waals surface area contributed by atoms with Gasteiger partial charge in [0.15, 0.2) is 0 Å². The van der Waals surface area contributed by atoms with Crippen molar-refractivity contribution in [3.05, 3.63) is 0 Å². The highest BCUT2D eigenvalue weighted by atomic mass is 16.4. The van der Waals surface area contributed by atoms with Crippen molar-refractivity contribution < 1.29 is 19.5 Å². The number of carboxylic acids is 1. The van der Waals surface area contributed by atoms with Gasteiger partial charge in [-0.2, -0.15) is 0 Å². The third-order valence-electron chi connectivity index (χ3n) is 3.33. The lowest BCUT2D eigenvalue weighted by molar-refractivity contribution is -0.147. The Labute approximate surface area is 106 Å². The van der Waals surface area contributed by atoms with Crippen LogP contribution < -0.4 is 5.32 Å². The van der Waals surface area contributed by atoms with E-state index >= 15 is 0 Å². The van der Waals surface area contributed by atoms with Crippen LogP contribution >= 0.6 is 0 Å². The number of carbonyl (C=O) groups is 3. The molecule has 2 atom stereocenters. The topological polar surface area (TPSA) is 86.7 Å². The van der Waals surface area contributed by atoms with Crippen LogP contribution in [0, 0.1) is 5.92 Å². The zero-order valence-electron chi connectivity index (χ0n) is 11.0. The summed E-state index contributed by atoms with van der Waals surface area (Å²) in [5.41, 5.74) is -1.25. The van der Waals surface area contributed by atoms with E-state index in [0.717, 1.165) is 0 Å². The van der Waals surface area contributed by atoms with Crippen molar-refractivity contribution in [2.45, 2.75) is 38.6 Å². The molecule has 0 radical (unpaired) electrons. The Morgan fingerprint density at radius 2 is 2.17 bits per heavy atom. The highest BCUT2D eigenvalue weighted by Crippen LogP contribution is 2.19. The molecule has 1 aliphatic heterocycles. The molecule has 6 nitrogen and oxygen atoms in total. The summed E-state index contributed by atoms with van der Waals surface area (Å²) in [5.74, 6) is -1.93. The van der Waals surface area contributed by atoms with E-state index in [0.29, 0.717) is 19.4 Å². The first kappa shape index (κ1) is 14.5. The van der Waals surface area contributed by atoms with Gasteiger partial charge in [0.1, 0.15) is 5.54 Å². The fourth-order valence-corrected chi connectivity index (χ4v) is 2.14. The Morgan fingerprint density at radius 3 is 2.56 bits per heavy atom. The molecule has 1 heterocycles. The van der Waals surface area contributed by atoms with E-state index in [2.05, 4.69) is 5.32 Å². The van der Waals surface area contributed by atoms with Gasteiger partial charge in [0.05, 0.1) is 5.92 Å². The third-order valence-corrected chi connectivity index (χ3v) is 3.33. The molecule has 102 valence electrons. The number of amides is 2. The third kappa shape index (κ3) is 3.00. The first-order valence-corrected chi connectivity index (χ1v) is 6.09. The van der Waals surface area contributed by atoms with Crippen LogP contribution in [-0.4, -0.2) is 46.9 Å². The highest BCUT2D eigenvalue weighted by molar-refractivity contribution is 5.92. The Balaban J connectivity index is 2.68. The van der Waals surface area contributed by atoms with Gasteiger partial charge < -0.3 is 15.3 Å². The lowest BCUT2D eigenvalue weighted by Gasteiger charge is -2.27. The molecule has 0 spiro atoms. The molecule has 2 amide bonds. The van der Waals surface area contributed by atoms with E-state index in [4.69, 9.17) is 5.11 Å². The number of nitrogens with zero attached hydrogens (tertiary/aromatic N) is 1. The van der Waals surface area contributed by atoms with Crippen molar-refractivity contribution in [3.8, 4) is 0 Å². The first-order chi connectivity index (χ1) is 8.30. The normalized spacial score (nSPS) is 22.7. The molecule has 1 saturated heterocycles. The Kier molecular flexibility index (Phi) is 4.32. The average Bonchev–Trinajstić information content (AvgIpc) is 2.59. The van der Waals surface area contributed by atoms with E-state index in [1.807, 2.05) is 6.92 Å². The van der Waals surface area contributed by atoms with Gasteiger partial charge in [-0.3, -0.25) is 9.59 Å². The van der Waals surface area contributed by atoms with E-state index in [1.165, 1.54) is 11.8 Å². The monoisotopic (exact) mass is 256 g/mol. The molecular weight excluding hydrogens is 236 g/mol. The first-order valence-electron chi connectivity index (χ1n) is 6.09. The number of likely N-dealkylation sites (tertiary alicyclic amines) is 1. The molecule has 0 aromatic heterocycles. The van der Waals surface area contributed by atoms with E-state index < -0.39 is 17.4 Å². The van der Waals surface area contributed by atoms with Crippen molar-refractivity contribution in [3.63, 3.8) is 0 Å². The number of aliphatic carboxylic acids is 1. The Bertz CT molecular complexity index is 369. The van der Waals surface area contributed by atoms with Crippen LogP contribution in [0.2, 0.25) is 0 Å². The summed E-state index contributed by atoms with van der Waals surface area (Å²) in [5, 5.41) is 11.7. The predicted octanol–water partition coefficient (Wildman–Crippen LogP) is 0.224. The standard InChI is InChI=1S/C12H20N2O4/c1-4-5-12(2,11(17)18)13-10(16)8-6-9(15)14(3)7-8/h8H,4-7H2,1-3H3,(H,13,16)(H,17,18). The zero-order chi connectivity index (χ0) is 13.9. The maximum atomic E-state index is 12.0. The summed E-state index contributed by atoms with van der Waals surface area (Å²) >= 11 is 0. The lowest BCUT2D eigenvalue weighted by Crippen LogP contribution is -2.54. The van der Waals surface area contributed by atoms with Gasteiger partial charge in [0.2, 0.25) is 11.8 Å². The summed E-state index contributed by atoms with van der Waals surface area (Å²) < 4.78 is 0. The van der Waals surface area contributed by atoms with E-state index in [-0.39, 0.29) is 18.2 Å². The second kappa shape index (κ2) is 5.37. The number of hydrogen-bond donors (Lipinski definition) is 2. The van der Waals surface area contributed by atoms with Crippen LogP contribution in [0.4, 0.5) is 0 Å². The summed E-state index contributed by atoms with van der Waals surface area (Å²) in [7, 11) is 1.64. The quantitative estimate of drug-likeness (QED) is 0.737. The number of carboxylic acid groups (broad SMARTS) is 1. The minimum atomic E-state index is -1.25. The molecule has 2 unspecified atom stereocenters. The number of rotatable bonds is 5. The molecule has 2 N–H and O–H groups in total. The van der Waals surface area contributed by atoms with Gasteiger partial charge in [-0.1, -0.05) is 13.3 Å². The molecule has 0 bridgehead atoms. The van der Waals surface area contributed by atoms with Crippen LogP contribution in [-0.2, 0) is 14.4 Å². The van der Waals surface area contributed by atoms with Gasteiger partial charge in [-0.05, 0) is 13.3 Å². The molecular formula is C12H20N2O4. The van der Waals surface area contributed by atoms with Crippen molar-refractivity contribution in [2.24, 2.45) is 5.92 Å². The van der Waals surface area contributed by atoms with Gasteiger partial charge in [-0.15, -0.1) is 0 Å². The molecule has 1 aliphatic rings. The Hall–Kier alpha value is -1.59. The molecule has 0 saturated carbocycles. The van der Waals surface area contributed by atoms with Crippen LogP contribution in [0.15, 0.2) is 0 Å². The largest absolute Gasteiger partial charge is 0.480 e. The van der Waals surface area contributed by atoms with Crippen LogP contribution in [0.1, 0.15) is 33.1 Å². The second-order valence-electron chi connectivity index (χ2n) is 5.05. The maximum absolute atomic E-state index is 12.0. The van der Waals surface area contributed by atoms with Crippen LogP contribution in [0.25, 0.3) is 0 Å². The summed E-state index contributed by atoms with van der Waals surface area (Å²) in [6.45, 7) is 3.71. The zero-order valence-corrected chi connectivity index (χ0v) is 11.0. The maximum Gasteiger partial charge on any atom is 0.329 e. The van der Waals surface area contributed by atoms with Gasteiger partial charge in [-0.25, -0.2) is 4.79 Å². The fraction of sp³-hybridized carbons (Fsp3) is 0.750. The van der Waals surface area contributed by atoms with Crippen molar-refractivity contribution in [1.29, 1.82) is 0 Å². The molecule has 1 fully saturated rings.